The minimum atomic E-state index is -0.530. The molecule has 0 aliphatic heterocycles. The van der Waals surface area contributed by atoms with Crippen LogP contribution in [-0.2, 0) is 4.74 Å². The molecule has 2 aromatic carbocycles. The van der Waals surface area contributed by atoms with Crippen molar-refractivity contribution < 1.29 is 14.3 Å². The van der Waals surface area contributed by atoms with Crippen LogP contribution in [0.15, 0.2) is 66.9 Å². The van der Waals surface area contributed by atoms with Crippen molar-refractivity contribution in [3.63, 3.8) is 0 Å². The van der Waals surface area contributed by atoms with Gasteiger partial charge in [-0.1, -0.05) is 30.3 Å². The Morgan fingerprint density at radius 3 is 2.44 bits per heavy atom. The largest absolute Gasteiger partial charge is 0.465 e. The van der Waals surface area contributed by atoms with Gasteiger partial charge in [-0.3, -0.25) is 4.79 Å². The third-order valence-corrected chi connectivity index (χ3v) is 3.90. The van der Waals surface area contributed by atoms with Crippen molar-refractivity contribution in [3.8, 4) is 0 Å². The molecule has 7 nitrogen and oxygen atoms in total. The number of hydrogen-bond donors (Lipinski definition) is 1. The van der Waals surface area contributed by atoms with Gasteiger partial charge in [0.2, 0.25) is 5.95 Å². The maximum absolute atomic E-state index is 12.6. The zero-order valence-electron chi connectivity index (χ0n) is 14.9. The highest BCUT2D eigenvalue weighted by Gasteiger charge is 2.16. The van der Waals surface area contributed by atoms with Crippen LogP contribution in [0.5, 0.6) is 0 Å². The summed E-state index contributed by atoms with van der Waals surface area (Å²) in [4.78, 5) is 34.8. The number of ether oxygens (including phenoxy) is 1. The molecule has 0 atom stereocenters. The summed E-state index contributed by atoms with van der Waals surface area (Å²) in [5, 5.41) is 2.70. The van der Waals surface area contributed by atoms with Gasteiger partial charge in [-0.2, -0.15) is 0 Å². The van der Waals surface area contributed by atoms with Gasteiger partial charge in [0.15, 0.2) is 0 Å². The summed E-state index contributed by atoms with van der Waals surface area (Å²) in [6.07, 6.45) is 1.52. The predicted octanol–water partition coefficient (Wildman–Crippen LogP) is 3.28. The van der Waals surface area contributed by atoms with Crippen molar-refractivity contribution in [2.75, 3.05) is 24.4 Å². The van der Waals surface area contributed by atoms with Crippen molar-refractivity contribution in [2.24, 2.45) is 0 Å². The summed E-state index contributed by atoms with van der Waals surface area (Å²) in [5.74, 6) is -0.593. The maximum Gasteiger partial charge on any atom is 0.339 e. The molecular formula is C20H18N4O3. The number of hydrogen-bond acceptors (Lipinski definition) is 6. The van der Waals surface area contributed by atoms with Crippen LogP contribution in [0.2, 0.25) is 0 Å². The van der Waals surface area contributed by atoms with Gasteiger partial charge in [-0.25, -0.2) is 14.8 Å². The van der Waals surface area contributed by atoms with Crippen LogP contribution in [0, 0.1) is 0 Å². The summed E-state index contributed by atoms with van der Waals surface area (Å²) in [6.45, 7) is 0. The van der Waals surface area contributed by atoms with Crippen molar-refractivity contribution in [2.45, 2.75) is 0 Å². The molecule has 0 spiro atoms. The fraction of sp³-hybridized carbons (Fsp3) is 0.100. The zero-order chi connectivity index (χ0) is 19.2. The highest BCUT2D eigenvalue weighted by atomic mass is 16.5. The minimum Gasteiger partial charge on any atom is -0.465 e. The quantitative estimate of drug-likeness (QED) is 0.701. The molecule has 0 bridgehead atoms. The molecule has 0 aliphatic carbocycles. The number of nitrogens with one attached hydrogen (secondary N) is 1. The molecule has 27 heavy (non-hydrogen) atoms. The standard InChI is InChI=1S/C20H18N4O3/c1-24(14-8-4-3-5-9-14)20-21-13-12-17(23-20)18(25)22-16-11-7-6-10-15(16)19(26)27-2/h3-13H,1-2H3,(H,22,25). The first kappa shape index (κ1) is 18.1. The van der Waals surface area contributed by atoms with Crippen LogP contribution in [0.3, 0.4) is 0 Å². The Hall–Kier alpha value is -3.74. The Morgan fingerprint density at radius 1 is 1.00 bits per heavy atom. The molecule has 1 amide bonds. The Labute approximate surface area is 156 Å². The third kappa shape index (κ3) is 4.09. The Kier molecular flexibility index (Phi) is 5.41. The first-order valence-electron chi connectivity index (χ1n) is 8.20. The molecule has 1 N–H and O–H groups in total. The van der Waals surface area contributed by atoms with Gasteiger partial charge in [0.05, 0.1) is 18.4 Å². The van der Waals surface area contributed by atoms with Gasteiger partial charge in [0.1, 0.15) is 5.69 Å². The van der Waals surface area contributed by atoms with Crippen LogP contribution in [0.1, 0.15) is 20.8 Å². The van der Waals surface area contributed by atoms with Gasteiger partial charge in [0, 0.05) is 18.9 Å². The normalized spacial score (nSPS) is 10.1. The Bertz CT molecular complexity index is 960. The second-order valence-corrected chi connectivity index (χ2v) is 5.63. The van der Waals surface area contributed by atoms with E-state index in [9.17, 15) is 9.59 Å². The molecule has 0 fully saturated rings. The van der Waals surface area contributed by atoms with Crippen LogP contribution in [-0.4, -0.2) is 36.0 Å². The molecule has 0 aliphatic rings. The topological polar surface area (TPSA) is 84.4 Å². The lowest BCUT2D eigenvalue weighted by molar-refractivity contribution is 0.0602. The van der Waals surface area contributed by atoms with Crippen LogP contribution < -0.4 is 10.2 Å². The van der Waals surface area contributed by atoms with Gasteiger partial charge in [-0.15, -0.1) is 0 Å². The van der Waals surface area contributed by atoms with E-state index >= 15 is 0 Å². The average Bonchev–Trinajstić information content (AvgIpc) is 2.73. The van der Waals surface area contributed by atoms with Gasteiger partial charge in [0.25, 0.3) is 5.91 Å². The smallest absolute Gasteiger partial charge is 0.339 e. The number of para-hydroxylation sites is 2. The lowest BCUT2D eigenvalue weighted by Crippen LogP contribution is -2.19. The number of carbonyl (C=O) groups excluding carboxylic acids is 2. The first-order chi connectivity index (χ1) is 13.1. The highest BCUT2D eigenvalue weighted by molar-refractivity contribution is 6.07. The van der Waals surface area contributed by atoms with Gasteiger partial charge >= 0.3 is 5.97 Å². The van der Waals surface area contributed by atoms with Crippen molar-refractivity contribution in [3.05, 3.63) is 78.1 Å². The van der Waals surface area contributed by atoms with Crippen LogP contribution >= 0.6 is 0 Å². The number of methoxy groups -OCH3 is 1. The maximum atomic E-state index is 12.6. The van der Waals surface area contributed by atoms with Crippen molar-refractivity contribution in [1.29, 1.82) is 0 Å². The fourth-order valence-corrected chi connectivity index (χ4v) is 2.47. The van der Waals surface area contributed by atoms with Gasteiger partial charge < -0.3 is 15.0 Å². The second kappa shape index (κ2) is 8.09. The Morgan fingerprint density at radius 2 is 1.70 bits per heavy atom. The molecule has 136 valence electrons. The van der Waals surface area contributed by atoms with Crippen LogP contribution in [0.4, 0.5) is 17.3 Å². The number of aromatic nitrogens is 2. The van der Waals surface area contributed by atoms with E-state index in [1.54, 1.807) is 29.2 Å². The molecule has 3 rings (SSSR count). The number of rotatable bonds is 5. The van der Waals surface area contributed by atoms with E-state index in [1.807, 2.05) is 37.4 Å². The zero-order valence-corrected chi connectivity index (χ0v) is 14.9. The lowest BCUT2D eigenvalue weighted by Gasteiger charge is -2.17. The average molecular weight is 362 g/mol. The van der Waals surface area contributed by atoms with Gasteiger partial charge in [-0.05, 0) is 30.3 Å². The second-order valence-electron chi connectivity index (χ2n) is 5.63. The van der Waals surface area contributed by atoms with Crippen molar-refractivity contribution in [1.82, 2.24) is 9.97 Å². The first-order valence-corrected chi connectivity index (χ1v) is 8.20. The van der Waals surface area contributed by atoms with E-state index < -0.39 is 11.9 Å². The number of carbonyl (C=O) groups is 2. The summed E-state index contributed by atoms with van der Waals surface area (Å²) < 4.78 is 4.74. The summed E-state index contributed by atoms with van der Waals surface area (Å²) in [6, 6.07) is 17.7. The summed E-state index contributed by atoms with van der Waals surface area (Å²) in [5.41, 5.74) is 1.70. The van der Waals surface area contributed by atoms with E-state index in [4.69, 9.17) is 4.74 Å². The van der Waals surface area contributed by atoms with Crippen LogP contribution in [0.25, 0.3) is 0 Å². The van der Waals surface area contributed by atoms with E-state index in [2.05, 4.69) is 15.3 Å². The van der Waals surface area contributed by atoms with E-state index in [0.717, 1.165) is 5.69 Å². The highest BCUT2D eigenvalue weighted by Crippen LogP contribution is 2.20. The molecule has 3 aromatic rings. The number of anilines is 3. The minimum absolute atomic E-state index is 0.183. The number of esters is 1. The molecule has 0 unspecified atom stereocenters. The molecule has 1 aromatic heterocycles. The molecule has 1 heterocycles. The Balaban J connectivity index is 1.84. The predicted molar refractivity (Wildman–Crippen MR) is 102 cm³/mol. The van der Waals surface area contributed by atoms with Crippen molar-refractivity contribution >= 4 is 29.2 Å². The summed E-state index contributed by atoms with van der Waals surface area (Å²) >= 11 is 0. The van der Waals surface area contributed by atoms with E-state index in [1.165, 1.54) is 19.4 Å². The SMILES string of the molecule is COC(=O)c1ccccc1NC(=O)c1ccnc(N(C)c2ccccc2)n1. The number of nitrogens with zero attached hydrogens (tertiary/aromatic N) is 3. The fourth-order valence-electron chi connectivity index (χ4n) is 2.47. The van der Waals surface area contributed by atoms with E-state index in [-0.39, 0.29) is 11.3 Å². The molecule has 0 radical (unpaired) electrons. The summed E-state index contributed by atoms with van der Waals surface area (Å²) in [7, 11) is 3.11. The monoisotopic (exact) mass is 362 g/mol. The molecule has 0 saturated carbocycles. The molecule has 0 saturated heterocycles. The number of benzene rings is 2. The third-order valence-electron chi connectivity index (χ3n) is 3.90. The lowest BCUT2D eigenvalue weighted by atomic mass is 10.1. The number of amides is 1. The molecule has 7 heteroatoms. The van der Waals surface area contributed by atoms with E-state index in [0.29, 0.717) is 11.6 Å². The molecular weight excluding hydrogens is 344 g/mol.